The van der Waals surface area contributed by atoms with Crippen LogP contribution in [0.1, 0.15) is 27.4 Å². The van der Waals surface area contributed by atoms with Crippen molar-refractivity contribution >= 4 is 11.7 Å². The summed E-state index contributed by atoms with van der Waals surface area (Å²) in [5.41, 5.74) is 1.18. The number of aromatic carboxylic acids is 1. The van der Waals surface area contributed by atoms with Gasteiger partial charge in [0.2, 0.25) is 0 Å². The average molecular weight is 358 g/mol. The molecule has 2 aromatic carbocycles. The number of benzene rings is 2. The van der Waals surface area contributed by atoms with Crippen LogP contribution < -0.4 is 4.90 Å². The lowest BCUT2D eigenvalue weighted by Crippen LogP contribution is -2.17. The molecule has 1 atom stereocenters. The van der Waals surface area contributed by atoms with Crippen molar-refractivity contribution in [3.8, 4) is 6.07 Å². The zero-order valence-corrected chi connectivity index (χ0v) is 13.4. The molecule has 0 amide bonds. The zero-order chi connectivity index (χ0) is 18.9. The number of nitrogens with zero attached hydrogens (tertiary/aromatic N) is 2. The minimum atomic E-state index is -4.40. The van der Waals surface area contributed by atoms with Crippen molar-refractivity contribution in [3.63, 3.8) is 0 Å². The lowest BCUT2D eigenvalue weighted by molar-refractivity contribution is -0.137. The fraction of sp³-hybridized carbons (Fsp3) is 0.158. The Morgan fingerprint density at radius 1 is 1.12 bits per heavy atom. The number of nitriles is 1. The van der Waals surface area contributed by atoms with Gasteiger partial charge in [-0.05, 0) is 42.0 Å². The van der Waals surface area contributed by atoms with Crippen molar-refractivity contribution in [3.05, 3.63) is 77.0 Å². The lowest BCUT2D eigenvalue weighted by atomic mass is 9.93. The van der Waals surface area contributed by atoms with Crippen molar-refractivity contribution in [2.24, 2.45) is 0 Å². The fourth-order valence-corrected chi connectivity index (χ4v) is 2.88. The Morgan fingerprint density at radius 3 is 2.23 bits per heavy atom. The quantitative estimate of drug-likeness (QED) is 0.882. The highest BCUT2D eigenvalue weighted by Crippen LogP contribution is 2.36. The maximum atomic E-state index is 12.7. The monoisotopic (exact) mass is 358 g/mol. The highest BCUT2D eigenvalue weighted by atomic mass is 19.4. The van der Waals surface area contributed by atoms with Crippen LogP contribution in [-0.4, -0.2) is 17.6 Å². The van der Waals surface area contributed by atoms with Gasteiger partial charge in [-0.1, -0.05) is 12.1 Å². The zero-order valence-electron chi connectivity index (χ0n) is 13.4. The van der Waals surface area contributed by atoms with Crippen LogP contribution in [0, 0.1) is 11.3 Å². The SMILES string of the molecule is N#CC1=CN(c2ccc(C(=O)O)cc2)CC1c1ccc(C(F)(F)F)cc1. The van der Waals surface area contributed by atoms with Gasteiger partial charge < -0.3 is 10.0 Å². The molecule has 1 unspecified atom stereocenters. The van der Waals surface area contributed by atoms with E-state index < -0.39 is 17.7 Å². The molecule has 2 aromatic rings. The normalized spacial score (nSPS) is 16.9. The van der Waals surface area contributed by atoms with Crippen LogP contribution in [0.25, 0.3) is 0 Å². The molecule has 4 nitrogen and oxygen atoms in total. The number of alkyl halides is 3. The summed E-state index contributed by atoms with van der Waals surface area (Å²) in [7, 11) is 0. The number of hydrogen-bond acceptors (Lipinski definition) is 3. The van der Waals surface area contributed by atoms with Gasteiger partial charge in [-0.3, -0.25) is 0 Å². The first-order chi connectivity index (χ1) is 12.3. The summed E-state index contributed by atoms with van der Waals surface area (Å²) in [5.74, 6) is -1.38. The number of hydrogen-bond donors (Lipinski definition) is 1. The Kier molecular flexibility index (Phi) is 4.43. The predicted molar refractivity (Wildman–Crippen MR) is 88.6 cm³/mol. The number of rotatable bonds is 3. The summed E-state index contributed by atoms with van der Waals surface area (Å²) in [6.45, 7) is 0.390. The second-order valence-corrected chi connectivity index (χ2v) is 5.87. The molecule has 0 spiro atoms. The molecule has 0 saturated heterocycles. The third kappa shape index (κ3) is 3.40. The summed E-state index contributed by atoms with van der Waals surface area (Å²) < 4.78 is 38.1. The van der Waals surface area contributed by atoms with Crippen LogP contribution in [0.15, 0.2) is 60.3 Å². The number of carbonyl (C=O) groups is 1. The molecule has 3 rings (SSSR count). The molecule has 1 heterocycles. The molecule has 0 aromatic heterocycles. The van der Waals surface area contributed by atoms with Crippen molar-refractivity contribution in [1.82, 2.24) is 0 Å². The molecule has 1 aliphatic heterocycles. The van der Waals surface area contributed by atoms with E-state index in [2.05, 4.69) is 6.07 Å². The maximum Gasteiger partial charge on any atom is 0.416 e. The van der Waals surface area contributed by atoms with Crippen LogP contribution in [-0.2, 0) is 6.18 Å². The topological polar surface area (TPSA) is 64.3 Å². The highest BCUT2D eigenvalue weighted by molar-refractivity contribution is 5.88. The second kappa shape index (κ2) is 6.56. The Hall–Kier alpha value is -3.27. The van der Waals surface area contributed by atoms with E-state index in [4.69, 9.17) is 5.11 Å². The lowest BCUT2D eigenvalue weighted by Gasteiger charge is -2.19. The van der Waals surface area contributed by atoms with Gasteiger partial charge in [-0.2, -0.15) is 18.4 Å². The van der Waals surface area contributed by atoms with Gasteiger partial charge in [0.15, 0.2) is 0 Å². The molecule has 0 aliphatic carbocycles. The Bertz CT molecular complexity index is 894. The van der Waals surface area contributed by atoms with Gasteiger partial charge in [-0.25, -0.2) is 4.79 Å². The van der Waals surface area contributed by atoms with Crippen molar-refractivity contribution in [1.29, 1.82) is 5.26 Å². The first kappa shape index (κ1) is 17.5. The van der Waals surface area contributed by atoms with Crippen LogP contribution in [0.5, 0.6) is 0 Å². The van der Waals surface area contributed by atoms with Crippen LogP contribution in [0.3, 0.4) is 0 Å². The van der Waals surface area contributed by atoms with E-state index in [1.165, 1.54) is 24.3 Å². The number of carboxylic acid groups (broad SMARTS) is 1. The minimum absolute atomic E-state index is 0.150. The van der Waals surface area contributed by atoms with Gasteiger partial charge in [0.05, 0.1) is 22.8 Å². The molecule has 0 bridgehead atoms. The fourth-order valence-electron chi connectivity index (χ4n) is 2.88. The number of halogens is 3. The van der Waals surface area contributed by atoms with Crippen LogP contribution in [0.2, 0.25) is 0 Å². The molecule has 7 heteroatoms. The number of carboxylic acids is 1. The summed E-state index contributed by atoms with van der Waals surface area (Å²) in [5, 5.41) is 18.3. The minimum Gasteiger partial charge on any atom is -0.478 e. The van der Waals surface area contributed by atoms with E-state index in [0.29, 0.717) is 23.4 Å². The predicted octanol–water partition coefficient (Wildman–Crippen LogP) is 4.41. The molecule has 1 aliphatic rings. The average Bonchev–Trinajstić information content (AvgIpc) is 3.05. The highest BCUT2D eigenvalue weighted by Gasteiger charge is 2.31. The van der Waals surface area contributed by atoms with E-state index >= 15 is 0 Å². The van der Waals surface area contributed by atoms with Crippen molar-refractivity contribution in [2.45, 2.75) is 12.1 Å². The van der Waals surface area contributed by atoms with E-state index in [0.717, 1.165) is 12.1 Å². The Balaban J connectivity index is 1.84. The second-order valence-electron chi connectivity index (χ2n) is 5.87. The molecule has 132 valence electrons. The molecule has 1 N–H and O–H groups in total. The summed E-state index contributed by atoms with van der Waals surface area (Å²) >= 11 is 0. The standard InChI is InChI=1S/C19H13F3N2O2/c20-19(21,22)15-5-1-12(2-6-15)17-11-24(10-14(17)9-23)16-7-3-13(4-8-16)18(25)26/h1-8,10,17H,11H2,(H,25,26). The van der Waals surface area contributed by atoms with Gasteiger partial charge in [0, 0.05) is 24.4 Å². The molecule has 0 radical (unpaired) electrons. The molecule has 26 heavy (non-hydrogen) atoms. The van der Waals surface area contributed by atoms with Crippen molar-refractivity contribution < 1.29 is 23.1 Å². The van der Waals surface area contributed by atoms with Gasteiger partial charge >= 0.3 is 12.1 Å². The van der Waals surface area contributed by atoms with Crippen molar-refractivity contribution in [2.75, 3.05) is 11.4 Å². The van der Waals surface area contributed by atoms with E-state index in [-0.39, 0.29) is 11.5 Å². The summed E-state index contributed by atoms with van der Waals surface area (Å²) in [6, 6.07) is 13.1. The molecular formula is C19H13F3N2O2. The maximum absolute atomic E-state index is 12.7. The van der Waals surface area contributed by atoms with Crippen LogP contribution >= 0.6 is 0 Å². The van der Waals surface area contributed by atoms with E-state index in [9.17, 15) is 23.2 Å². The Morgan fingerprint density at radius 2 is 1.73 bits per heavy atom. The van der Waals surface area contributed by atoms with Crippen LogP contribution in [0.4, 0.5) is 18.9 Å². The molecule has 0 fully saturated rings. The van der Waals surface area contributed by atoms with E-state index in [1.54, 1.807) is 23.2 Å². The van der Waals surface area contributed by atoms with E-state index in [1.807, 2.05) is 0 Å². The van der Waals surface area contributed by atoms with Gasteiger partial charge in [0.1, 0.15) is 0 Å². The molecule has 0 saturated carbocycles. The number of anilines is 1. The first-order valence-corrected chi connectivity index (χ1v) is 7.68. The summed E-state index contributed by atoms with van der Waals surface area (Å²) in [4.78, 5) is 12.7. The Labute approximate surface area is 147 Å². The van der Waals surface area contributed by atoms with Gasteiger partial charge in [-0.15, -0.1) is 0 Å². The first-order valence-electron chi connectivity index (χ1n) is 7.68. The largest absolute Gasteiger partial charge is 0.478 e. The third-order valence-corrected chi connectivity index (χ3v) is 4.26. The molecular weight excluding hydrogens is 345 g/mol. The smallest absolute Gasteiger partial charge is 0.416 e. The van der Waals surface area contributed by atoms with Gasteiger partial charge in [0.25, 0.3) is 0 Å². The summed E-state index contributed by atoms with van der Waals surface area (Å²) in [6.07, 6.45) is -2.77. The third-order valence-electron chi connectivity index (χ3n) is 4.26.